The normalized spacial score (nSPS) is 15.2. The molecule has 2 aromatic carbocycles. The van der Waals surface area contributed by atoms with E-state index >= 15 is 0 Å². The predicted molar refractivity (Wildman–Crippen MR) is 89.9 cm³/mol. The molecule has 6 heteroatoms. The van der Waals surface area contributed by atoms with E-state index in [1.54, 1.807) is 13.3 Å². The highest BCUT2D eigenvalue weighted by atomic mass is 79.9. The molecule has 0 bridgehead atoms. The second-order valence-corrected chi connectivity index (χ2v) is 5.49. The molecule has 2 aromatic rings. The number of anilines is 1. The van der Waals surface area contributed by atoms with Crippen molar-refractivity contribution >= 4 is 39.5 Å². The lowest BCUT2D eigenvalue weighted by Crippen LogP contribution is -2.13. The number of fused-ring (bicyclic) bond motifs is 1. The summed E-state index contributed by atoms with van der Waals surface area (Å²) in [6.07, 6.45) is 1.56. The van der Waals surface area contributed by atoms with Crippen LogP contribution in [0.2, 0.25) is 0 Å². The standard InChI is InChI=1S/C16H12BrN3O2/c1-22-14-7-6-11(17)8-10(14)9-18-20-15-12-4-2-3-5-13(12)19-16(15)21/h2-9H,1H3,(H,19,20,21). The lowest BCUT2D eigenvalue weighted by Gasteiger charge is -2.03. The van der Waals surface area contributed by atoms with Crippen molar-refractivity contribution in [3.8, 4) is 5.75 Å². The third-order valence-corrected chi connectivity index (χ3v) is 3.69. The van der Waals surface area contributed by atoms with Gasteiger partial charge in [0.05, 0.1) is 19.0 Å². The van der Waals surface area contributed by atoms with E-state index in [0.717, 1.165) is 21.3 Å². The summed E-state index contributed by atoms with van der Waals surface area (Å²) < 4.78 is 6.17. The lowest BCUT2D eigenvalue weighted by atomic mass is 10.1. The summed E-state index contributed by atoms with van der Waals surface area (Å²) in [6.45, 7) is 0. The van der Waals surface area contributed by atoms with Gasteiger partial charge in [0.25, 0.3) is 5.91 Å². The molecule has 0 saturated heterocycles. The number of carbonyl (C=O) groups is 1. The van der Waals surface area contributed by atoms with E-state index in [1.165, 1.54) is 0 Å². The molecule has 1 N–H and O–H groups in total. The summed E-state index contributed by atoms with van der Waals surface area (Å²) in [5, 5.41) is 10.8. The Morgan fingerprint density at radius 1 is 1.23 bits per heavy atom. The fraction of sp³-hybridized carbons (Fsp3) is 0.0625. The van der Waals surface area contributed by atoms with Gasteiger partial charge in [0.15, 0.2) is 5.71 Å². The average Bonchev–Trinajstić information content (AvgIpc) is 2.83. The predicted octanol–water partition coefficient (Wildman–Crippen LogP) is 3.23. The highest BCUT2D eigenvalue weighted by Crippen LogP contribution is 2.23. The molecule has 3 rings (SSSR count). The molecule has 22 heavy (non-hydrogen) atoms. The molecule has 1 amide bonds. The van der Waals surface area contributed by atoms with Gasteiger partial charge >= 0.3 is 0 Å². The number of rotatable bonds is 3. The van der Waals surface area contributed by atoms with Gasteiger partial charge in [-0.15, -0.1) is 5.10 Å². The number of para-hydroxylation sites is 1. The zero-order valence-electron chi connectivity index (χ0n) is 11.7. The Balaban J connectivity index is 1.91. The Morgan fingerprint density at radius 3 is 2.86 bits per heavy atom. The van der Waals surface area contributed by atoms with Crippen molar-refractivity contribution in [3.63, 3.8) is 0 Å². The Labute approximate surface area is 135 Å². The number of amides is 1. The summed E-state index contributed by atoms with van der Waals surface area (Å²) in [7, 11) is 1.59. The minimum absolute atomic E-state index is 0.250. The fourth-order valence-corrected chi connectivity index (χ4v) is 2.54. The molecule has 0 aromatic heterocycles. The van der Waals surface area contributed by atoms with Crippen molar-refractivity contribution in [2.24, 2.45) is 10.2 Å². The van der Waals surface area contributed by atoms with Crippen LogP contribution in [0.25, 0.3) is 0 Å². The number of hydrogen-bond donors (Lipinski definition) is 1. The largest absolute Gasteiger partial charge is 0.496 e. The minimum atomic E-state index is -0.250. The molecule has 1 heterocycles. The molecule has 0 aliphatic carbocycles. The Kier molecular flexibility index (Phi) is 4.02. The molecule has 1 aliphatic heterocycles. The van der Waals surface area contributed by atoms with E-state index in [4.69, 9.17) is 4.74 Å². The SMILES string of the molecule is COc1ccc(Br)cc1C=NN=C1C(=O)Nc2ccccc21. The van der Waals surface area contributed by atoms with Crippen molar-refractivity contribution in [1.29, 1.82) is 0 Å². The van der Waals surface area contributed by atoms with Gasteiger partial charge < -0.3 is 10.1 Å². The van der Waals surface area contributed by atoms with Crippen LogP contribution < -0.4 is 10.1 Å². The Bertz CT molecular complexity index is 800. The molecular weight excluding hydrogens is 346 g/mol. The van der Waals surface area contributed by atoms with Gasteiger partial charge in [0.2, 0.25) is 0 Å². The van der Waals surface area contributed by atoms with Crippen molar-refractivity contribution in [2.45, 2.75) is 0 Å². The maximum Gasteiger partial charge on any atom is 0.276 e. The maximum absolute atomic E-state index is 11.9. The van der Waals surface area contributed by atoms with Crippen LogP contribution in [-0.4, -0.2) is 24.9 Å². The monoisotopic (exact) mass is 357 g/mol. The van der Waals surface area contributed by atoms with Crippen LogP contribution in [0.4, 0.5) is 5.69 Å². The van der Waals surface area contributed by atoms with Gasteiger partial charge in [0, 0.05) is 15.6 Å². The van der Waals surface area contributed by atoms with Crippen molar-refractivity contribution in [1.82, 2.24) is 0 Å². The Hall–Kier alpha value is -2.47. The molecule has 0 atom stereocenters. The number of methoxy groups -OCH3 is 1. The summed E-state index contributed by atoms with van der Waals surface area (Å²) in [5.41, 5.74) is 2.58. The van der Waals surface area contributed by atoms with Gasteiger partial charge in [-0.2, -0.15) is 5.10 Å². The molecular formula is C16H12BrN3O2. The molecule has 0 spiro atoms. The van der Waals surface area contributed by atoms with Gasteiger partial charge in [0.1, 0.15) is 5.75 Å². The van der Waals surface area contributed by atoms with Crippen LogP contribution in [0, 0.1) is 0 Å². The number of halogens is 1. The van der Waals surface area contributed by atoms with Crippen LogP contribution >= 0.6 is 15.9 Å². The van der Waals surface area contributed by atoms with Crippen LogP contribution in [0.5, 0.6) is 5.75 Å². The van der Waals surface area contributed by atoms with E-state index < -0.39 is 0 Å². The molecule has 0 fully saturated rings. The van der Waals surface area contributed by atoms with Crippen molar-refractivity contribution in [2.75, 3.05) is 12.4 Å². The highest BCUT2D eigenvalue weighted by Gasteiger charge is 2.25. The van der Waals surface area contributed by atoms with E-state index in [9.17, 15) is 4.79 Å². The number of hydrogen-bond acceptors (Lipinski definition) is 4. The van der Waals surface area contributed by atoms with Crippen LogP contribution in [0.15, 0.2) is 57.1 Å². The number of nitrogens with one attached hydrogen (secondary N) is 1. The lowest BCUT2D eigenvalue weighted by molar-refractivity contribution is -0.110. The van der Waals surface area contributed by atoms with Gasteiger partial charge in [-0.25, -0.2) is 0 Å². The zero-order chi connectivity index (χ0) is 15.5. The quantitative estimate of drug-likeness (QED) is 0.676. The third kappa shape index (κ3) is 2.78. The van der Waals surface area contributed by atoms with Crippen LogP contribution in [0.3, 0.4) is 0 Å². The molecule has 1 aliphatic rings. The van der Waals surface area contributed by atoms with E-state index in [0.29, 0.717) is 11.5 Å². The first kappa shape index (κ1) is 14.5. The van der Waals surface area contributed by atoms with Gasteiger partial charge in [-0.1, -0.05) is 34.1 Å². The first-order valence-electron chi connectivity index (χ1n) is 6.54. The van der Waals surface area contributed by atoms with Gasteiger partial charge in [-0.05, 0) is 24.3 Å². The summed E-state index contributed by atoms with van der Waals surface area (Å²) in [5.74, 6) is 0.433. The number of carbonyl (C=O) groups excluding carboxylic acids is 1. The number of benzene rings is 2. The van der Waals surface area contributed by atoms with E-state index in [1.807, 2.05) is 42.5 Å². The first-order valence-corrected chi connectivity index (χ1v) is 7.33. The molecule has 110 valence electrons. The topological polar surface area (TPSA) is 63.1 Å². The van der Waals surface area contributed by atoms with Crippen LogP contribution in [0.1, 0.15) is 11.1 Å². The highest BCUT2D eigenvalue weighted by molar-refractivity contribution is 9.10. The van der Waals surface area contributed by atoms with Crippen LogP contribution in [-0.2, 0) is 4.79 Å². The van der Waals surface area contributed by atoms with Crippen molar-refractivity contribution in [3.05, 3.63) is 58.1 Å². The molecule has 0 radical (unpaired) electrons. The second kappa shape index (κ2) is 6.11. The zero-order valence-corrected chi connectivity index (χ0v) is 13.3. The van der Waals surface area contributed by atoms with E-state index in [2.05, 4.69) is 31.4 Å². The third-order valence-electron chi connectivity index (χ3n) is 3.19. The van der Waals surface area contributed by atoms with Gasteiger partial charge in [-0.3, -0.25) is 4.79 Å². The molecule has 0 saturated carbocycles. The van der Waals surface area contributed by atoms with E-state index in [-0.39, 0.29) is 5.91 Å². The fourth-order valence-electron chi connectivity index (χ4n) is 2.16. The second-order valence-electron chi connectivity index (χ2n) is 4.58. The van der Waals surface area contributed by atoms with Crippen molar-refractivity contribution < 1.29 is 9.53 Å². The minimum Gasteiger partial charge on any atom is -0.496 e. The molecule has 5 nitrogen and oxygen atoms in total. The number of ether oxygens (including phenoxy) is 1. The summed E-state index contributed by atoms with van der Waals surface area (Å²) >= 11 is 3.40. The summed E-state index contributed by atoms with van der Waals surface area (Å²) in [4.78, 5) is 11.9. The molecule has 0 unspecified atom stereocenters. The Morgan fingerprint density at radius 2 is 2.05 bits per heavy atom. The smallest absolute Gasteiger partial charge is 0.276 e. The average molecular weight is 358 g/mol. The summed E-state index contributed by atoms with van der Waals surface area (Å²) in [6, 6.07) is 13.0. The first-order chi connectivity index (χ1) is 10.7. The number of nitrogens with zero attached hydrogens (tertiary/aromatic N) is 2. The maximum atomic E-state index is 11.9.